The van der Waals surface area contributed by atoms with Crippen molar-refractivity contribution in [2.75, 3.05) is 24.6 Å². The highest BCUT2D eigenvalue weighted by molar-refractivity contribution is 7.91. The Hall–Kier alpha value is -2.80. The molecule has 3 aromatic rings. The third-order valence-corrected chi connectivity index (χ3v) is 6.61. The van der Waals surface area contributed by atoms with Crippen molar-refractivity contribution in [3.05, 3.63) is 54.6 Å². The maximum Gasteiger partial charge on any atom is 0.236 e. The van der Waals surface area contributed by atoms with Crippen LogP contribution in [0.1, 0.15) is 26.2 Å². The summed E-state index contributed by atoms with van der Waals surface area (Å²) < 4.78 is 38.1. The summed E-state index contributed by atoms with van der Waals surface area (Å²) in [6.45, 7) is 4.02. The van der Waals surface area contributed by atoms with Crippen molar-refractivity contribution in [3.8, 4) is 17.2 Å². The third-order valence-electron chi connectivity index (χ3n) is 4.94. The average molecular weight is 413 g/mol. The first-order valence-corrected chi connectivity index (χ1v) is 11.4. The second-order valence-corrected chi connectivity index (χ2v) is 8.82. The summed E-state index contributed by atoms with van der Waals surface area (Å²) in [4.78, 5) is 6.65. The standard InChI is InChI=1S/C22H24N2O4S/c1-2-27-18-13-11-17(12-14-18)20-23-21(22(28-20)24-15-7-4-8-16-24)29(25,26)19-9-5-3-6-10-19/h3,5-6,9-14H,2,4,7-8,15-16H2,1H3. The van der Waals surface area contributed by atoms with Crippen molar-refractivity contribution in [2.45, 2.75) is 36.1 Å². The van der Waals surface area contributed by atoms with Crippen LogP contribution in [0.2, 0.25) is 0 Å². The van der Waals surface area contributed by atoms with Crippen molar-refractivity contribution in [3.63, 3.8) is 0 Å². The molecule has 0 atom stereocenters. The lowest BCUT2D eigenvalue weighted by molar-refractivity contribution is 0.340. The van der Waals surface area contributed by atoms with Crippen LogP contribution >= 0.6 is 0 Å². The molecule has 1 aromatic heterocycles. The van der Waals surface area contributed by atoms with E-state index < -0.39 is 9.84 Å². The lowest BCUT2D eigenvalue weighted by Crippen LogP contribution is -2.30. The normalized spacial score (nSPS) is 14.7. The number of anilines is 1. The van der Waals surface area contributed by atoms with Gasteiger partial charge < -0.3 is 14.1 Å². The molecule has 6 nitrogen and oxygen atoms in total. The number of sulfone groups is 1. The predicted octanol–water partition coefficient (Wildman–Crippen LogP) is 4.56. The van der Waals surface area contributed by atoms with Crippen LogP contribution in [-0.2, 0) is 9.84 Å². The average Bonchev–Trinajstić information content (AvgIpc) is 3.22. The second kappa shape index (κ2) is 8.29. The van der Waals surface area contributed by atoms with Crippen LogP contribution in [0.15, 0.2) is 68.9 Å². The molecule has 0 unspecified atom stereocenters. The molecule has 0 spiro atoms. The molecular formula is C22H24N2O4S. The minimum atomic E-state index is -3.79. The summed E-state index contributed by atoms with van der Waals surface area (Å²) in [6.07, 6.45) is 3.14. The van der Waals surface area contributed by atoms with Gasteiger partial charge in [0, 0.05) is 18.7 Å². The van der Waals surface area contributed by atoms with Gasteiger partial charge in [0.1, 0.15) is 5.75 Å². The van der Waals surface area contributed by atoms with Gasteiger partial charge in [-0.3, -0.25) is 0 Å². The van der Waals surface area contributed by atoms with E-state index in [1.165, 1.54) is 0 Å². The van der Waals surface area contributed by atoms with Crippen LogP contribution in [0.5, 0.6) is 5.75 Å². The summed E-state index contributed by atoms with van der Waals surface area (Å²) in [6, 6.07) is 15.7. The van der Waals surface area contributed by atoms with Gasteiger partial charge in [-0.05, 0) is 62.6 Å². The van der Waals surface area contributed by atoms with Gasteiger partial charge in [-0.15, -0.1) is 0 Å². The Morgan fingerprint density at radius 1 is 1.00 bits per heavy atom. The summed E-state index contributed by atoms with van der Waals surface area (Å²) in [5.41, 5.74) is 0.709. The first kappa shape index (κ1) is 19.5. The van der Waals surface area contributed by atoms with Crippen molar-refractivity contribution in [2.24, 2.45) is 0 Å². The van der Waals surface area contributed by atoms with Gasteiger partial charge in [-0.2, -0.15) is 4.98 Å². The van der Waals surface area contributed by atoms with Crippen molar-refractivity contribution in [1.82, 2.24) is 4.98 Å². The van der Waals surface area contributed by atoms with E-state index in [0.29, 0.717) is 23.9 Å². The highest BCUT2D eigenvalue weighted by Crippen LogP contribution is 2.36. The van der Waals surface area contributed by atoms with E-state index in [1.54, 1.807) is 30.3 Å². The number of benzene rings is 2. The van der Waals surface area contributed by atoms with Gasteiger partial charge >= 0.3 is 0 Å². The first-order valence-electron chi connectivity index (χ1n) is 9.89. The maximum atomic E-state index is 13.3. The fraction of sp³-hybridized carbons (Fsp3) is 0.318. The number of hydrogen-bond donors (Lipinski definition) is 0. The summed E-state index contributed by atoms with van der Waals surface area (Å²) >= 11 is 0. The largest absolute Gasteiger partial charge is 0.494 e. The first-order chi connectivity index (χ1) is 14.1. The SMILES string of the molecule is CCOc1ccc(-c2nc(S(=O)(=O)c3ccccc3)c(N3CCCCC3)o2)cc1. The summed E-state index contributed by atoms with van der Waals surface area (Å²) in [5.74, 6) is 1.37. The van der Waals surface area contributed by atoms with Gasteiger partial charge in [0.05, 0.1) is 11.5 Å². The monoisotopic (exact) mass is 412 g/mol. The number of aromatic nitrogens is 1. The lowest BCUT2D eigenvalue weighted by Gasteiger charge is -2.26. The Bertz CT molecular complexity index is 1050. The molecule has 0 aliphatic carbocycles. The lowest BCUT2D eigenvalue weighted by atomic mass is 10.1. The van der Waals surface area contributed by atoms with Crippen molar-refractivity contribution in [1.29, 1.82) is 0 Å². The highest BCUT2D eigenvalue weighted by Gasteiger charge is 2.31. The van der Waals surface area contributed by atoms with Crippen LogP contribution in [0.3, 0.4) is 0 Å². The third kappa shape index (κ3) is 4.00. The Kier molecular flexibility index (Phi) is 5.58. The summed E-state index contributed by atoms with van der Waals surface area (Å²) in [5, 5.41) is -0.0190. The Labute approximate surface area is 171 Å². The van der Waals surface area contributed by atoms with Crippen LogP contribution in [-0.4, -0.2) is 33.1 Å². The van der Waals surface area contributed by atoms with Gasteiger partial charge in [-0.25, -0.2) is 8.42 Å². The second-order valence-electron chi connectivity index (χ2n) is 6.95. The maximum absolute atomic E-state index is 13.3. The number of oxazole rings is 1. The molecule has 7 heteroatoms. The number of hydrogen-bond acceptors (Lipinski definition) is 6. The van der Waals surface area contributed by atoms with Gasteiger partial charge in [-0.1, -0.05) is 18.2 Å². The van der Waals surface area contributed by atoms with Crippen molar-refractivity contribution < 1.29 is 17.6 Å². The molecule has 1 saturated heterocycles. The van der Waals surface area contributed by atoms with Gasteiger partial charge in [0.2, 0.25) is 26.6 Å². The molecular weight excluding hydrogens is 388 g/mol. The van der Waals surface area contributed by atoms with Crippen LogP contribution < -0.4 is 9.64 Å². The number of piperidine rings is 1. The smallest absolute Gasteiger partial charge is 0.236 e. The van der Waals surface area contributed by atoms with Gasteiger partial charge in [0.25, 0.3) is 0 Å². The molecule has 0 radical (unpaired) electrons. The molecule has 0 bridgehead atoms. The molecule has 0 amide bonds. The van der Waals surface area contributed by atoms with Gasteiger partial charge in [0.15, 0.2) is 0 Å². The molecule has 0 saturated carbocycles. The number of rotatable bonds is 6. The minimum Gasteiger partial charge on any atom is -0.494 e. The topological polar surface area (TPSA) is 72.6 Å². The highest BCUT2D eigenvalue weighted by atomic mass is 32.2. The van der Waals surface area contributed by atoms with E-state index >= 15 is 0 Å². The van der Waals surface area contributed by atoms with E-state index in [0.717, 1.165) is 38.1 Å². The zero-order chi connectivity index (χ0) is 20.3. The number of ether oxygens (including phenoxy) is 1. The van der Waals surface area contributed by atoms with E-state index in [-0.39, 0.29) is 9.92 Å². The molecule has 2 aromatic carbocycles. The zero-order valence-electron chi connectivity index (χ0n) is 16.4. The van der Waals surface area contributed by atoms with E-state index in [9.17, 15) is 8.42 Å². The molecule has 1 aliphatic rings. The fourth-order valence-corrected chi connectivity index (χ4v) is 4.81. The molecule has 1 fully saturated rings. The molecule has 4 rings (SSSR count). The summed E-state index contributed by atoms with van der Waals surface area (Å²) in [7, 11) is -3.79. The Morgan fingerprint density at radius 2 is 1.69 bits per heavy atom. The molecule has 0 N–H and O–H groups in total. The zero-order valence-corrected chi connectivity index (χ0v) is 17.2. The molecule has 152 valence electrons. The Balaban J connectivity index is 1.79. The quantitative estimate of drug-likeness (QED) is 0.591. The van der Waals surface area contributed by atoms with E-state index in [1.807, 2.05) is 36.1 Å². The van der Waals surface area contributed by atoms with Crippen LogP contribution in [0.25, 0.3) is 11.5 Å². The molecule has 1 aliphatic heterocycles. The fourth-order valence-electron chi connectivity index (χ4n) is 3.47. The van der Waals surface area contributed by atoms with Crippen molar-refractivity contribution >= 4 is 15.7 Å². The van der Waals surface area contributed by atoms with Crippen LogP contribution in [0, 0.1) is 0 Å². The number of nitrogens with zero attached hydrogens (tertiary/aromatic N) is 2. The van der Waals surface area contributed by atoms with E-state index in [4.69, 9.17) is 9.15 Å². The minimum absolute atomic E-state index is 0.0190. The predicted molar refractivity (Wildman–Crippen MR) is 111 cm³/mol. The van der Waals surface area contributed by atoms with Crippen LogP contribution in [0.4, 0.5) is 5.88 Å². The molecule has 2 heterocycles. The Morgan fingerprint density at radius 3 is 2.34 bits per heavy atom. The molecule has 29 heavy (non-hydrogen) atoms. The van der Waals surface area contributed by atoms with E-state index in [2.05, 4.69) is 4.98 Å².